The Morgan fingerprint density at radius 1 is 0.913 bits per heavy atom. The Morgan fingerprint density at radius 2 is 1.57 bits per heavy atom. The number of halogens is 2. The number of piperidine rings is 1. The maximum atomic E-state index is 12.7. The standard InChI is InChI=1S/C17H17Cl2NO2S/c18-16-7-6-15(12-17(16)19)23(21,22)20-10-8-14(9-11-20)13-4-2-1-3-5-13/h1-7,12,14H,8-11H2. The number of nitrogens with zero attached hydrogens (tertiary/aromatic N) is 1. The second kappa shape index (κ2) is 6.81. The van der Waals surface area contributed by atoms with Crippen LogP contribution in [0.5, 0.6) is 0 Å². The molecule has 0 atom stereocenters. The van der Waals surface area contributed by atoms with E-state index >= 15 is 0 Å². The lowest BCUT2D eigenvalue weighted by molar-refractivity contribution is 0.319. The topological polar surface area (TPSA) is 37.4 Å². The van der Waals surface area contributed by atoms with Gasteiger partial charge in [-0.25, -0.2) is 8.42 Å². The van der Waals surface area contributed by atoms with Gasteiger partial charge in [-0.05, 0) is 42.5 Å². The van der Waals surface area contributed by atoms with Gasteiger partial charge in [0, 0.05) is 13.1 Å². The van der Waals surface area contributed by atoms with E-state index in [0.717, 1.165) is 12.8 Å². The van der Waals surface area contributed by atoms with E-state index in [9.17, 15) is 8.42 Å². The Kier molecular flexibility index (Phi) is 4.97. The molecule has 0 N–H and O–H groups in total. The Bertz CT molecular complexity index is 785. The van der Waals surface area contributed by atoms with Crippen LogP contribution in [-0.2, 0) is 10.0 Å². The van der Waals surface area contributed by atoms with E-state index in [4.69, 9.17) is 23.2 Å². The lowest BCUT2D eigenvalue weighted by Crippen LogP contribution is -2.37. The third-order valence-electron chi connectivity index (χ3n) is 4.25. The molecular formula is C17H17Cl2NO2S. The quantitative estimate of drug-likeness (QED) is 0.794. The van der Waals surface area contributed by atoms with E-state index in [1.807, 2.05) is 18.2 Å². The molecule has 0 spiro atoms. The predicted octanol–water partition coefficient (Wildman–Crippen LogP) is 4.56. The molecule has 122 valence electrons. The molecule has 0 aromatic heterocycles. The minimum absolute atomic E-state index is 0.199. The molecule has 3 nitrogen and oxygen atoms in total. The highest BCUT2D eigenvalue weighted by atomic mass is 35.5. The van der Waals surface area contributed by atoms with E-state index in [1.165, 1.54) is 28.1 Å². The van der Waals surface area contributed by atoms with Gasteiger partial charge in [0.1, 0.15) is 0 Å². The molecule has 1 fully saturated rings. The number of sulfonamides is 1. The fraction of sp³-hybridized carbons (Fsp3) is 0.294. The molecule has 0 radical (unpaired) electrons. The van der Waals surface area contributed by atoms with Crippen molar-refractivity contribution in [2.24, 2.45) is 0 Å². The SMILES string of the molecule is O=S(=O)(c1ccc(Cl)c(Cl)c1)N1CCC(c2ccccc2)CC1. The Hall–Kier alpha value is -1.07. The van der Waals surface area contributed by atoms with Crippen molar-refractivity contribution in [3.05, 3.63) is 64.1 Å². The maximum Gasteiger partial charge on any atom is 0.243 e. The van der Waals surface area contributed by atoms with Crippen LogP contribution in [-0.4, -0.2) is 25.8 Å². The molecular weight excluding hydrogens is 353 g/mol. The van der Waals surface area contributed by atoms with Crippen molar-refractivity contribution in [1.29, 1.82) is 0 Å². The van der Waals surface area contributed by atoms with Gasteiger partial charge < -0.3 is 0 Å². The smallest absolute Gasteiger partial charge is 0.207 e. The van der Waals surface area contributed by atoms with Gasteiger partial charge in [0.2, 0.25) is 10.0 Å². The van der Waals surface area contributed by atoms with Gasteiger partial charge in [0.25, 0.3) is 0 Å². The minimum Gasteiger partial charge on any atom is -0.207 e. The molecule has 1 aliphatic heterocycles. The second-order valence-electron chi connectivity index (χ2n) is 5.66. The van der Waals surface area contributed by atoms with Gasteiger partial charge in [-0.15, -0.1) is 0 Å². The molecule has 0 saturated carbocycles. The summed E-state index contributed by atoms with van der Waals surface area (Å²) in [5.74, 6) is 0.413. The van der Waals surface area contributed by atoms with Crippen molar-refractivity contribution in [3.8, 4) is 0 Å². The first kappa shape index (κ1) is 16.8. The summed E-state index contributed by atoms with van der Waals surface area (Å²) in [6.45, 7) is 1.03. The zero-order chi connectivity index (χ0) is 16.4. The van der Waals surface area contributed by atoms with E-state index < -0.39 is 10.0 Å². The van der Waals surface area contributed by atoms with E-state index in [1.54, 1.807) is 0 Å². The van der Waals surface area contributed by atoms with Crippen LogP contribution in [0.3, 0.4) is 0 Å². The molecule has 1 saturated heterocycles. The number of hydrogen-bond acceptors (Lipinski definition) is 2. The molecule has 0 unspecified atom stereocenters. The van der Waals surface area contributed by atoms with Crippen molar-refractivity contribution in [2.75, 3.05) is 13.1 Å². The number of rotatable bonds is 3. The fourth-order valence-electron chi connectivity index (χ4n) is 2.94. The van der Waals surface area contributed by atoms with Crippen molar-refractivity contribution in [1.82, 2.24) is 4.31 Å². The first-order chi connectivity index (χ1) is 11.0. The van der Waals surface area contributed by atoms with Crippen molar-refractivity contribution in [3.63, 3.8) is 0 Å². The van der Waals surface area contributed by atoms with Gasteiger partial charge in [-0.2, -0.15) is 4.31 Å². The Balaban J connectivity index is 1.75. The zero-order valence-electron chi connectivity index (χ0n) is 12.5. The summed E-state index contributed by atoms with van der Waals surface area (Å²) in [5.41, 5.74) is 1.28. The summed E-state index contributed by atoms with van der Waals surface area (Å²) in [5, 5.41) is 0.611. The Labute approximate surface area is 146 Å². The molecule has 0 amide bonds. The van der Waals surface area contributed by atoms with E-state index in [-0.39, 0.29) is 9.92 Å². The molecule has 6 heteroatoms. The van der Waals surface area contributed by atoms with Crippen LogP contribution in [0.4, 0.5) is 0 Å². The second-order valence-corrected chi connectivity index (χ2v) is 8.42. The summed E-state index contributed by atoms with van der Waals surface area (Å²) >= 11 is 11.8. The summed E-state index contributed by atoms with van der Waals surface area (Å²) in [6, 6.07) is 14.7. The van der Waals surface area contributed by atoms with Crippen molar-refractivity contribution in [2.45, 2.75) is 23.7 Å². The van der Waals surface area contributed by atoms with Crippen molar-refractivity contribution >= 4 is 33.2 Å². The third-order valence-corrected chi connectivity index (χ3v) is 6.89. The molecule has 2 aromatic carbocycles. The van der Waals surface area contributed by atoms with Crippen molar-refractivity contribution < 1.29 is 8.42 Å². The summed E-state index contributed by atoms with van der Waals surface area (Å²) in [6.07, 6.45) is 1.65. The third kappa shape index (κ3) is 3.56. The van der Waals surface area contributed by atoms with E-state index in [2.05, 4.69) is 12.1 Å². The molecule has 2 aromatic rings. The number of benzene rings is 2. The first-order valence-corrected chi connectivity index (χ1v) is 9.68. The maximum absolute atomic E-state index is 12.7. The summed E-state index contributed by atoms with van der Waals surface area (Å²) < 4.78 is 27.0. The summed E-state index contributed by atoms with van der Waals surface area (Å²) in [7, 11) is -3.52. The largest absolute Gasteiger partial charge is 0.243 e. The molecule has 1 aliphatic rings. The fourth-order valence-corrected chi connectivity index (χ4v) is 4.80. The van der Waals surface area contributed by atoms with Crippen LogP contribution in [0.1, 0.15) is 24.3 Å². The lowest BCUT2D eigenvalue weighted by Gasteiger charge is -2.31. The predicted molar refractivity (Wildman–Crippen MR) is 93.6 cm³/mol. The number of hydrogen-bond donors (Lipinski definition) is 0. The van der Waals surface area contributed by atoms with Gasteiger partial charge >= 0.3 is 0 Å². The van der Waals surface area contributed by atoms with Gasteiger partial charge in [0.05, 0.1) is 14.9 Å². The van der Waals surface area contributed by atoms with Crippen LogP contribution in [0, 0.1) is 0 Å². The Morgan fingerprint density at radius 3 is 2.17 bits per heavy atom. The van der Waals surface area contributed by atoms with Gasteiger partial charge in [0.15, 0.2) is 0 Å². The van der Waals surface area contributed by atoms with Crippen LogP contribution in [0.2, 0.25) is 10.0 Å². The van der Waals surface area contributed by atoms with Crippen LogP contribution in [0.15, 0.2) is 53.4 Å². The van der Waals surface area contributed by atoms with Gasteiger partial charge in [-0.3, -0.25) is 0 Å². The first-order valence-electron chi connectivity index (χ1n) is 7.48. The van der Waals surface area contributed by atoms with E-state index in [0.29, 0.717) is 24.0 Å². The highest BCUT2D eigenvalue weighted by Crippen LogP contribution is 2.32. The van der Waals surface area contributed by atoms with Crippen LogP contribution < -0.4 is 0 Å². The summed E-state index contributed by atoms with van der Waals surface area (Å²) in [4.78, 5) is 0.199. The molecule has 1 heterocycles. The monoisotopic (exact) mass is 369 g/mol. The average molecular weight is 370 g/mol. The molecule has 0 aliphatic carbocycles. The van der Waals surface area contributed by atoms with Crippen LogP contribution in [0.25, 0.3) is 0 Å². The van der Waals surface area contributed by atoms with Crippen LogP contribution >= 0.6 is 23.2 Å². The highest BCUT2D eigenvalue weighted by molar-refractivity contribution is 7.89. The molecule has 23 heavy (non-hydrogen) atoms. The molecule has 3 rings (SSSR count). The minimum atomic E-state index is -3.52. The normalized spacial score (nSPS) is 17.3. The lowest BCUT2D eigenvalue weighted by atomic mass is 9.90. The molecule has 0 bridgehead atoms. The van der Waals surface area contributed by atoms with Gasteiger partial charge in [-0.1, -0.05) is 53.5 Å². The zero-order valence-corrected chi connectivity index (χ0v) is 14.8. The average Bonchev–Trinajstić information content (AvgIpc) is 2.58. The highest BCUT2D eigenvalue weighted by Gasteiger charge is 2.30.